The highest BCUT2D eigenvalue weighted by Gasteiger charge is 2.22. The number of nitrogens with two attached hydrogens (primary N) is 2. The van der Waals surface area contributed by atoms with Gasteiger partial charge in [-0.25, -0.2) is 5.84 Å². The fraction of sp³-hybridized carbons (Fsp3) is 0.500. The second-order valence-electron chi connectivity index (χ2n) is 11.6. The van der Waals surface area contributed by atoms with E-state index in [9.17, 15) is 9.59 Å². The molecule has 0 aliphatic carbocycles. The normalized spacial score (nSPS) is 12.5. The minimum Gasteiger partial charge on any atom is -0.492 e. The number of hydrogen-bond donors (Lipinski definition) is 5. The second-order valence-corrected chi connectivity index (χ2v) is 12.2. The van der Waals surface area contributed by atoms with Gasteiger partial charge < -0.3 is 25.8 Å². The monoisotopic (exact) mass is 598 g/mol. The molecule has 0 aromatic heterocycles. The Labute approximate surface area is 256 Å². The first kappa shape index (κ1) is 34.8. The van der Waals surface area contributed by atoms with Crippen molar-refractivity contribution in [2.24, 2.45) is 17.5 Å². The summed E-state index contributed by atoms with van der Waals surface area (Å²) < 4.78 is 8.92. The third-order valence-electron chi connectivity index (χ3n) is 7.12. The molecule has 9 nitrogen and oxygen atoms in total. The molecule has 7 N–H and O–H groups in total. The summed E-state index contributed by atoms with van der Waals surface area (Å²) in [5, 5.41) is 7.24. The number of ether oxygens (including phenoxy) is 1. The molecule has 0 bridgehead atoms. The van der Waals surface area contributed by atoms with Crippen molar-refractivity contribution in [2.75, 3.05) is 35.0 Å². The maximum atomic E-state index is 13.5. The van der Waals surface area contributed by atoms with Crippen LogP contribution in [0.1, 0.15) is 88.2 Å². The van der Waals surface area contributed by atoms with Crippen LogP contribution >= 0.6 is 11.9 Å². The van der Waals surface area contributed by atoms with Crippen molar-refractivity contribution in [1.82, 2.24) is 5.32 Å². The molecule has 2 aromatic carbocycles. The summed E-state index contributed by atoms with van der Waals surface area (Å²) in [5.41, 5.74) is 10.1. The van der Waals surface area contributed by atoms with Gasteiger partial charge in [-0.1, -0.05) is 71.9 Å². The number of carbonyl (C=O) groups is 2. The predicted molar refractivity (Wildman–Crippen MR) is 178 cm³/mol. The van der Waals surface area contributed by atoms with Gasteiger partial charge in [-0.3, -0.25) is 14.6 Å². The summed E-state index contributed by atoms with van der Waals surface area (Å²) >= 11 is 1.44. The molecule has 0 radical (unpaired) electrons. The van der Waals surface area contributed by atoms with Crippen LogP contribution in [0.25, 0.3) is 0 Å². The molecule has 0 aliphatic heterocycles. The van der Waals surface area contributed by atoms with Crippen molar-refractivity contribution >= 4 is 40.8 Å². The third-order valence-corrected chi connectivity index (χ3v) is 7.55. The van der Waals surface area contributed by atoms with Crippen molar-refractivity contribution in [3.8, 4) is 5.75 Å². The van der Waals surface area contributed by atoms with Crippen molar-refractivity contribution < 1.29 is 14.3 Å². The quantitative estimate of drug-likeness (QED) is 0.0684. The molecule has 0 saturated carbocycles. The van der Waals surface area contributed by atoms with Crippen LogP contribution in [0.5, 0.6) is 5.75 Å². The van der Waals surface area contributed by atoms with Crippen LogP contribution in [0.2, 0.25) is 0 Å². The fourth-order valence-corrected chi connectivity index (χ4v) is 5.02. The van der Waals surface area contributed by atoms with Crippen molar-refractivity contribution in [2.45, 2.75) is 79.1 Å². The molecule has 2 aromatic rings. The van der Waals surface area contributed by atoms with Crippen molar-refractivity contribution in [1.29, 1.82) is 0 Å². The molecule has 2 rings (SSSR count). The lowest BCUT2D eigenvalue weighted by Crippen LogP contribution is -2.35. The van der Waals surface area contributed by atoms with E-state index < -0.39 is 0 Å². The van der Waals surface area contributed by atoms with Gasteiger partial charge in [0.1, 0.15) is 5.70 Å². The number of hydrazine groups is 1. The Hall–Kier alpha value is -3.37. The zero-order valence-electron chi connectivity index (χ0n) is 26.5. The van der Waals surface area contributed by atoms with E-state index in [0.29, 0.717) is 35.2 Å². The Kier molecular flexibility index (Phi) is 13.5. The van der Waals surface area contributed by atoms with Crippen LogP contribution in [0.3, 0.4) is 0 Å². The first-order chi connectivity index (χ1) is 19.9. The average molecular weight is 599 g/mol. The lowest BCUT2D eigenvalue weighted by atomic mass is 9.86. The molecule has 1 atom stereocenters. The van der Waals surface area contributed by atoms with Crippen molar-refractivity contribution in [3.05, 3.63) is 58.9 Å². The lowest BCUT2D eigenvalue weighted by Gasteiger charge is -2.24. The summed E-state index contributed by atoms with van der Waals surface area (Å²) in [7, 11) is 1.57. The van der Waals surface area contributed by atoms with Gasteiger partial charge in [-0.15, -0.1) is 0 Å². The molecular weight excluding hydrogens is 548 g/mol. The van der Waals surface area contributed by atoms with Gasteiger partial charge in [0.15, 0.2) is 5.75 Å². The maximum absolute atomic E-state index is 13.5. The molecule has 0 fully saturated rings. The molecular formula is C32H50N6O3S. The van der Waals surface area contributed by atoms with Gasteiger partial charge in [0, 0.05) is 24.6 Å². The lowest BCUT2D eigenvalue weighted by molar-refractivity contribution is -0.117. The summed E-state index contributed by atoms with van der Waals surface area (Å²) in [6.45, 7) is 13.1. The van der Waals surface area contributed by atoms with E-state index in [1.54, 1.807) is 25.3 Å². The molecule has 42 heavy (non-hydrogen) atoms. The first-order valence-corrected chi connectivity index (χ1v) is 15.8. The van der Waals surface area contributed by atoms with Gasteiger partial charge >= 0.3 is 0 Å². The summed E-state index contributed by atoms with van der Waals surface area (Å²) in [6, 6.07) is 9.18. The minimum absolute atomic E-state index is 0.00458. The van der Waals surface area contributed by atoms with E-state index in [2.05, 4.69) is 50.0 Å². The zero-order chi connectivity index (χ0) is 31.4. The SMILES string of the molecule is CCCCC(CCC)CNC(=O)/C(N)=C/N(N)c1cc(C(=O)Nc2cc(C(C)(C)C)cc(NSC)c2OC)ccc1C. The predicted octanol–water partition coefficient (Wildman–Crippen LogP) is 6.45. The Morgan fingerprint density at radius 1 is 1.10 bits per heavy atom. The third kappa shape index (κ3) is 9.87. The molecule has 0 spiro atoms. The van der Waals surface area contributed by atoms with Gasteiger partial charge in [-0.2, -0.15) is 0 Å². The number of methoxy groups -OCH3 is 1. The highest BCUT2D eigenvalue weighted by Crippen LogP contribution is 2.39. The summed E-state index contributed by atoms with van der Waals surface area (Å²) in [4.78, 5) is 26.2. The number of benzene rings is 2. The smallest absolute Gasteiger partial charge is 0.268 e. The van der Waals surface area contributed by atoms with E-state index in [4.69, 9.17) is 16.3 Å². The Morgan fingerprint density at radius 2 is 1.79 bits per heavy atom. The van der Waals surface area contributed by atoms with Crippen LogP contribution in [0, 0.1) is 12.8 Å². The molecule has 1 unspecified atom stereocenters. The van der Waals surface area contributed by atoms with E-state index in [1.165, 1.54) is 23.2 Å². The summed E-state index contributed by atoms with van der Waals surface area (Å²) in [5.74, 6) is 6.60. The average Bonchev–Trinajstić information content (AvgIpc) is 2.93. The molecule has 0 saturated heterocycles. The number of rotatable bonds is 15. The Balaban J connectivity index is 2.27. The van der Waals surface area contributed by atoms with Crippen LogP contribution in [-0.4, -0.2) is 31.7 Å². The molecule has 232 valence electrons. The highest BCUT2D eigenvalue weighted by atomic mass is 32.2. The van der Waals surface area contributed by atoms with Gasteiger partial charge in [0.2, 0.25) is 0 Å². The highest BCUT2D eigenvalue weighted by molar-refractivity contribution is 7.99. The number of anilines is 3. The number of hydrogen-bond acceptors (Lipinski definition) is 8. The molecule has 2 amide bonds. The topological polar surface area (TPSA) is 135 Å². The van der Waals surface area contributed by atoms with Crippen LogP contribution in [0.15, 0.2) is 42.2 Å². The van der Waals surface area contributed by atoms with E-state index in [-0.39, 0.29) is 22.9 Å². The maximum Gasteiger partial charge on any atom is 0.268 e. The zero-order valence-corrected chi connectivity index (χ0v) is 27.3. The van der Waals surface area contributed by atoms with Crippen LogP contribution in [0.4, 0.5) is 17.1 Å². The number of nitrogens with zero attached hydrogens (tertiary/aromatic N) is 1. The number of amides is 2. The van der Waals surface area contributed by atoms with Gasteiger partial charge in [-0.05, 0) is 66.5 Å². The standard InChI is InChI=1S/C32H50N6O3S/c1-9-11-13-22(12-10-2)19-35-31(40)25(33)20-38(34)28-16-23(15-14-21(28)3)30(39)36-26-17-24(32(4,5)6)18-27(37-42-8)29(26)41-7/h14-18,20,22,37H,9-13,19,33-34H2,1-8H3,(H,35,40)(H,36,39)/b25-20-. The van der Waals surface area contributed by atoms with Gasteiger partial charge in [0.25, 0.3) is 11.8 Å². The van der Waals surface area contributed by atoms with E-state index >= 15 is 0 Å². The fourth-order valence-electron chi connectivity index (χ4n) is 4.65. The van der Waals surface area contributed by atoms with Gasteiger partial charge in [0.05, 0.1) is 24.2 Å². The number of aryl methyl sites for hydroxylation is 1. The first-order valence-electron chi connectivity index (χ1n) is 14.6. The van der Waals surface area contributed by atoms with Crippen LogP contribution in [-0.2, 0) is 10.2 Å². The number of nitrogens with one attached hydrogen (secondary N) is 3. The number of carbonyl (C=O) groups excluding carboxylic acids is 2. The van der Waals surface area contributed by atoms with E-state index in [1.807, 2.05) is 25.3 Å². The largest absolute Gasteiger partial charge is 0.492 e. The second kappa shape index (κ2) is 16.3. The number of unbranched alkanes of at least 4 members (excludes halogenated alkanes) is 1. The molecule has 0 heterocycles. The minimum atomic E-state index is -0.366. The van der Waals surface area contributed by atoms with Crippen LogP contribution < -0.4 is 36.7 Å². The molecule has 10 heteroatoms. The summed E-state index contributed by atoms with van der Waals surface area (Å²) in [6.07, 6.45) is 8.78. The Bertz CT molecular complexity index is 1240. The Morgan fingerprint density at radius 3 is 2.38 bits per heavy atom. The van der Waals surface area contributed by atoms with Crippen molar-refractivity contribution in [3.63, 3.8) is 0 Å². The molecule has 0 aliphatic rings. The van der Waals surface area contributed by atoms with E-state index in [0.717, 1.165) is 48.9 Å².